The Morgan fingerprint density at radius 2 is 1.78 bits per heavy atom. The number of hydrogen-bond acceptors (Lipinski definition) is 7. The number of sulfonamides is 1. The summed E-state index contributed by atoms with van der Waals surface area (Å²) in [4.78, 5) is 31.5. The molecule has 9 nitrogen and oxygen atoms in total. The molecule has 0 saturated carbocycles. The number of carbonyl (C=O) groups is 1. The number of carbonyl (C=O) groups excluding carboxylic acids is 1. The first-order chi connectivity index (χ1) is 17.8. The van der Waals surface area contributed by atoms with Crippen molar-refractivity contribution in [2.45, 2.75) is 26.2 Å². The van der Waals surface area contributed by atoms with Gasteiger partial charge in [-0.2, -0.15) is 0 Å². The number of benzene rings is 1. The number of halogens is 2. The number of aromatic amines is 1. The Labute approximate surface area is 212 Å². The number of pyridine rings is 1. The molecule has 1 aliphatic heterocycles. The third-order valence-corrected chi connectivity index (χ3v) is 7.67. The van der Waals surface area contributed by atoms with Gasteiger partial charge in [-0.15, -0.1) is 0 Å². The van der Waals surface area contributed by atoms with Crippen LogP contribution in [-0.4, -0.2) is 53.0 Å². The summed E-state index contributed by atoms with van der Waals surface area (Å²) in [6, 6.07) is 3.48. The number of anilines is 2. The van der Waals surface area contributed by atoms with Crippen LogP contribution in [0.15, 0.2) is 43.0 Å². The Kier molecular flexibility index (Phi) is 6.59. The third kappa shape index (κ3) is 4.88. The van der Waals surface area contributed by atoms with Crippen LogP contribution in [0.3, 0.4) is 0 Å². The molecule has 2 N–H and O–H groups in total. The Morgan fingerprint density at radius 1 is 1.08 bits per heavy atom. The molecule has 4 heterocycles. The number of H-pyrrole nitrogens is 1. The molecule has 1 aliphatic rings. The van der Waals surface area contributed by atoms with Crippen molar-refractivity contribution in [2.24, 2.45) is 0 Å². The van der Waals surface area contributed by atoms with Crippen molar-refractivity contribution in [3.8, 4) is 11.1 Å². The van der Waals surface area contributed by atoms with Crippen LogP contribution in [-0.2, 0) is 10.0 Å². The minimum absolute atomic E-state index is 0.00896. The summed E-state index contributed by atoms with van der Waals surface area (Å²) in [5.74, 6) is -2.93. The summed E-state index contributed by atoms with van der Waals surface area (Å²) in [5.41, 5.74) is 0.277. The standard InChI is InChI=1S/C25H24F2N6O3S/c1-2-9-37(35,36)32-20-6-5-19(26)21(22(20)27)23(34)18-14-29-24-17(18)10-15(11-28-24)16-12-30-25(31-13-16)33-7-3-4-8-33/h5-6,10-14,32H,2-4,7-9H2,1H3,(H,28,29). The quantitative estimate of drug-likeness (QED) is 0.329. The van der Waals surface area contributed by atoms with Crippen LogP contribution in [0.25, 0.3) is 22.2 Å². The van der Waals surface area contributed by atoms with Crippen LogP contribution in [0.5, 0.6) is 0 Å². The van der Waals surface area contributed by atoms with Crippen LogP contribution in [0.1, 0.15) is 42.1 Å². The second-order valence-electron chi connectivity index (χ2n) is 8.82. The second kappa shape index (κ2) is 9.85. The Hall–Kier alpha value is -3.93. The molecule has 12 heteroatoms. The minimum Gasteiger partial charge on any atom is -0.345 e. The van der Waals surface area contributed by atoms with E-state index in [4.69, 9.17) is 0 Å². The van der Waals surface area contributed by atoms with Gasteiger partial charge in [0, 0.05) is 60.0 Å². The van der Waals surface area contributed by atoms with Gasteiger partial charge in [-0.05, 0) is 37.5 Å². The van der Waals surface area contributed by atoms with Crippen LogP contribution in [0, 0.1) is 11.6 Å². The van der Waals surface area contributed by atoms with E-state index in [1.54, 1.807) is 31.6 Å². The summed E-state index contributed by atoms with van der Waals surface area (Å²) >= 11 is 0. The van der Waals surface area contributed by atoms with E-state index in [-0.39, 0.29) is 11.3 Å². The topological polar surface area (TPSA) is 121 Å². The van der Waals surface area contributed by atoms with E-state index < -0.39 is 38.7 Å². The van der Waals surface area contributed by atoms with Crippen molar-refractivity contribution in [3.05, 3.63) is 65.7 Å². The first-order valence-electron chi connectivity index (χ1n) is 11.8. The number of ketones is 1. The van der Waals surface area contributed by atoms with E-state index in [9.17, 15) is 17.6 Å². The van der Waals surface area contributed by atoms with Gasteiger partial charge in [-0.25, -0.2) is 32.2 Å². The van der Waals surface area contributed by atoms with Gasteiger partial charge in [-0.1, -0.05) is 6.92 Å². The maximum atomic E-state index is 15.2. The van der Waals surface area contributed by atoms with Crippen LogP contribution < -0.4 is 9.62 Å². The predicted octanol–water partition coefficient (Wildman–Crippen LogP) is 4.28. The van der Waals surface area contributed by atoms with Gasteiger partial charge in [0.25, 0.3) is 0 Å². The van der Waals surface area contributed by atoms with Crippen LogP contribution in [0.4, 0.5) is 20.4 Å². The normalized spacial score (nSPS) is 13.9. The lowest BCUT2D eigenvalue weighted by atomic mass is 10.0. The molecule has 3 aromatic heterocycles. The van der Waals surface area contributed by atoms with Crippen LogP contribution in [0.2, 0.25) is 0 Å². The van der Waals surface area contributed by atoms with Gasteiger partial charge < -0.3 is 9.88 Å². The van der Waals surface area contributed by atoms with Gasteiger partial charge >= 0.3 is 0 Å². The highest BCUT2D eigenvalue weighted by Crippen LogP contribution is 2.30. The van der Waals surface area contributed by atoms with E-state index in [2.05, 4.69) is 29.6 Å². The molecule has 0 spiro atoms. The molecule has 192 valence electrons. The zero-order valence-electron chi connectivity index (χ0n) is 20.0. The smallest absolute Gasteiger partial charge is 0.232 e. The van der Waals surface area contributed by atoms with Crippen molar-refractivity contribution in [1.29, 1.82) is 0 Å². The summed E-state index contributed by atoms with van der Waals surface area (Å²) < 4.78 is 56.2. The average molecular weight is 527 g/mol. The molecule has 4 aromatic rings. The molecular formula is C25H24F2N6O3S. The van der Waals surface area contributed by atoms with Gasteiger partial charge in [0.1, 0.15) is 11.5 Å². The highest BCUT2D eigenvalue weighted by Gasteiger charge is 2.26. The average Bonchev–Trinajstić information content (AvgIpc) is 3.56. The van der Waals surface area contributed by atoms with E-state index in [0.717, 1.165) is 38.1 Å². The first-order valence-corrected chi connectivity index (χ1v) is 13.5. The fraction of sp³-hybridized carbons (Fsp3) is 0.280. The molecule has 0 radical (unpaired) electrons. The Bertz CT molecular complexity index is 1580. The number of fused-ring (bicyclic) bond motifs is 1. The van der Waals surface area contributed by atoms with E-state index in [1.807, 2.05) is 0 Å². The van der Waals surface area contributed by atoms with Gasteiger partial charge in [0.05, 0.1) is 17.0 Å². The SMILES string of the molecule is CCCS(=O)(=O)Nc1ccc(F)c(C(=O)c2c[nH]c3ncc(-c4cnc(N5CCCC5)nc4)cc23)c1F. The molecule has 0 atom stereocenters. The largest absolute Gasteiger partial charge is 0.345 e. The van der Waals surface area contributed by atoms with Gasteiger partial charge in [-0.3, -0.25) is 9.52 Å². The predicted molar refractivity (Wildman–Crippen MR) is 136 cm³/mol. The summed E-state index contributed by atoms with van der Waals surface area (Å²) in [5, 5.41) is 0.349. The third-order valence-electron chi connectivity index (χ3n) is 6.19. The molecule has 0 aliphatic carbocycles. The monoisotopic (exact) mass is 526 g/mol. The van der Waals surface area contributed by atoms with Crippen molar-refractivity contribution in [3.63, 3.8) is 0 Å². The fourth-order valence-electron chi connectivity index (χ4n) is 4.36. The zero-order chi connectivity index (χ0) is 26.2. The van der Waals surface area contributed by atoms with E-state index in [0.29, 0.717) is 34.5 Å². The number of nitrogens with zero attached hydrogens (tertiary/aromatic N) is 4. The molecule has 37 heavy (non-hydrogen) atoms. The molecule has 1 saturated heterocycles. The molecule has 1 aromatic carbocycles. The number of rotatable bonds is 8. The summed E-state index contributed by atoms with van der Waals surface area (Å²) in [6.45, 7) is 3.48. The molecule has 0 amide bonds. The molecule has 0 bridgehead atoms. The lowest BCUT2D eigenvalue weighted by Gasteiger charge is -2.14. The maximum absolute atomic E-state index is 15.2. The highest BCUT2D eigenvalue weighted by molar-refractivity contribution is 7.92. The van der Waals surface area contributed by atoms with Crippen molar-refractivity contribution in [1.82, 2.24) is 19.9 Å². The lowest BCUT2D eigenvalue weighted by molar-refractivity contribution is 0.103. The molecular weight excluding hydrogens is 502 g/mol. The van der Waals surface area contributed by atoms with Crippen molar-refractivity contribution < 1.29 is 22.0 Å². The molecule has 0 unspecified atom stereocenters. The summed E-state index contributed by atoms with van der Waals surface area (Å²) in [6.07, 6.45) is 8.76. The van der Waals surface area contributed by atoms with E-state index in [1.165, 1.54) is 6.20 Å². The first kappa shape index (κ1) is 24.8. The second-order valence-corrected chi connectivity index (χ2v) is 10.7. The molecule has 5 rings (SSSR count). The summed E-state index contributed by atoms with van der Waals surface area (Å²) in [7, 11) is -3.85. The fourth-order valence-corrected chi connectivity index (χ4v) is 5.49. The lowest BCUT2D eigenvalue weighted by Crippen LogP contribution is -2.20. The van der Waals surface area contributed by atoms with E-state index >= 15 is 4.39 Å². The number of aromatic nitrogens is 4. The van der Waals surface area contributed by atoms with Gasteiger partial charge in [0.15, 0.2) is 5.82 Å². The van der Waals surface area contributed by atoms with Gasteiger partial charge in [0.2, 0.25) is 21.8 Å². The number of nitrogens with one attached hydrogen (secondary N) is 2. The Balaban J connectivity index is 1.49. The zero-order valence-corrected chi connectivity index (χ0v) is 20.8. The minimum atomic E-state index is -3.85. The highest BCUT2D eigenvalue weighted by atomic mass is 32.2. The number of hydrogen-bond donors (Lipinski definition) is 2. The molecule has 1 fully saturated rings. The van der Waals surface area contributed by atoms with Crippen molar-refractivity contribution in [2.75, 3.05) is 28.5 Å². The van der Waals surface area contributed by atoms with Crippen LogP contribution >= 0.6 is 0 Å². The maximum Gasteiger partial charge on any atom is 0.232 e. The van der Waals surface area contributed by atoms with Crippen molar-refractivity contribution >= 4 is 38.5 Å². The Morgan fingerprint density at radius 3 is 2.49 bits per heavy atom.